The molecule has 0 radical (unpaired) electrons. The van der Waals surface area contributed by atoms with Crippen LogP contribution in [0.5, 0.6) is 5.75 Å². The molecule has 2 fully saturated rings. The zero-order valence-corrected chi connectivity index (χ0v) is 16.2. The van der Waals surface area contributed by atoms with Gasteiger partial charge in [0.05, 0.1) is 11.8 Å². The Kier molecular flexibility index (Phi) is 6.01. The fourth-order valence-electron chi connectivity index (χ4n) is 3.55. The average molecular weight is 395 g/mol. The van der Waals surface area contributed by atoms with Crippen molar-refractivity contribution >= 4 is 21.8 Å². The summed E-state index contributed by atoms with van der Waals surface area (Å²) in [4.78, 5) is 26.8. The largest absolute Gasteiger partial charge is 0.484 e. The summed E-state index contributed by atoms with van der Waals surface area (Å²) in [5, 5.41) is 2.89. The molecule has 9 heteroatoms. The van der Waals surface area contributed by atoms with E-state index in [1.54, 1.807) is 12.1 Å². The molecule has 0 spiro atoms. The molecule has 2 saturated heterocycles. The third-order valence-electron chi connectivity index (χ3n) is 4.81. The first-order valence-electron chi connectivity index (χ1n) is 9.16. The predicted octanol–water partition coefficient (Wildman–Crippen LogP) is 0.207. The minimum Gasteiger partial charge on any atom is -0.484 e. The van der Waals surface area contributed by atoms with Crippen molar-refractivity contribution in [2.45, 2.75) is 31.8 Å². The average Bonchev–Trinajstić information content (AvgIpc) is 3.02. The normalized spacial score (nSPS) is 24.9. The molecule has 2 heterocycles. The SMILES string of the molecule is CCCN1C(=O)[C@@H]2C[C@H](NC(=O)COc3ccccc3)CN2CCS1(=O)=O. The zero-order valence-electron chi connectivity index (χ0n) is 15.3. The standard InChI is InChI=1S/C18H25N3O5S/c1-2-8-21-18(23)16-11-14(12-20(16)9-10-27(21,24)25)19-17(22)13-26-15-6-4-3-5-7-15/h3-7,14,16H,2,8-13H2,1H3,(H,19,22)/t14-,16-/m0/s1. The molecule has 1 aromatic rings. The number of ether oxygens (including phenoxy) is 1. The van der Waals surface area contributed by atoms with Gasteiger partial charge in [-0.25, -0.2) is 12.7 Å². The first kappa shape index (κ1) is 19.6. The van der Waals surface area contributed by atoms with Gasteiger partial charge in [0.15, 0.2) is 6.61 Å². The molecule has 3 rings (SSSR count). The highest BCUT2D eigenvalue weighted by atomic mass is 32.2. The van der Waals surface area contributed by atoms with Gasteiger partial charge in [-0.3, -0.25) is 14.5 Å². The Labute approximate surface area is 159 Å². The van der Waals surface area contributed by atoms with Crippen molar-refractivity contribution < 1.29 is 22.7 Å². The zero-order chi connectivity index (χ0) is 19.4. The third kappa shape index (κ3) is 4.59. The van der Waals surface area contributed by atoms with Crippen molar-refractivity contribution in [2.75, 3.05) is 32.0 Å². The van der Waals surface area contributed by atoms with Crippen LogP contribution in [-0.4, -0.2) is 73.5 Å². The Hall–Kier alpha value is -2.13. The van der Waals surface area contributed by atoms with E-state index in [1.165, 1.54) is 0 Å². The summed E-state index contributed by atoms with van der Waals surface area (Å²) in [7, 11) is -3.56. The summed E-state index contributed by atoms with van der Waals surface area (Å²) in [6.07, 6.45) is 0.986. The molecule has 0 saturated carbocycles. The molecular formula is C18H25N3O5S. The molecule has 148 valence electrons. The summed E-state index contributed by atoms with van der Waals surface area (Å²) in [6, 6.07) is 8.36. The van der Waals surface area contributed by atoms with Gasteiger partial charge in [0.25, 0.3) is 11.8 Å². The highest BCUT2D eigenvalue weighted by Gasteiger charge is 2.44. The van der Waals surface area contributed by atoms with Crippen LogP contribution in [0.2, 0.25) is 0 Å². The predicted molar refractivity (Wildman–Crippen MR) is 99.6 cm³/mol. The van der Waals surface area contributed by atoms with Gasteiger partial charge < -0.3 is 10.1 Å². The number of fused-ring (bicyclic) bond motifs is 1. The minimum atomic E-state index is -3.56. The number of nitrogens with zero attached hydrogens (tertiary/aromatic N) is 2. The number of hydrogen-bond donors (Lipinski definition) is 1. The Morgan fingerprint density at radius 2 is 2.04 bits per heavy atom. The number of hydrogen-bond acceptors (Lipinski definition) is 6. The fourth-order valence-corrected chi connectivity index (χ4v) is 5.09. The van der Waals surface area contributed by atoms with Gasteiger partial charge in [-0.15, -0.1) is 0 Å². The molecule has 2 atom stereocenters. The van der Waals surface area contributed by atoms with Crippen molar-refractivity contribution in [3.8, 4) is 5.75 Å². The Morgan fingerprint density at radius 1 is 1.30 bits per heavy atom. The maximum atomic E-state index is 12.7. The second-order valence-corrected chi connectivity index (χ2v) is 8.85. The fraction of sp³-hybridized carbons (Fsp3) is 0.556. The molecule has 2 aliphatic rings. The molecule has 2 amide bonds. The van der Waals surface area contributed by atoms with Crippen LogP contribution in [-0.2, 0) is 19.6 Å². The van der Waals surface area contributed by atoms with E-state index in [4.69, 9.17) is 4.74 Å². The van der Waals surface area contributed by atoms with Crippen LogP contribution in [0, 0.1) is 0 Å². The molecular weight excluding hydrogens is 370 g/mol. The van der Waals surface area contributed by atoms with E-state index in [1.807, 2.05) is 30.0 Å². The van der Waals surface area contributed by atoms with E-state index in [9.17, 15) is 18.0 Å². The minimum absolute atomic E-state index is 0.0764. The summed E-state index contributed by atoms with van der Waals surface area (Å²) in [5.41, 5.74) is 0. The van der Waals surface area contributed by atoms with Crippen LogP contribution in [0.4, 0.5) is 0 Å². The summed E-state index contributed by atoms with van der Waals surface area (Å²) >= 11 is 0. The molecule has 2 aliphatic heterocycles. The van der Waals surface area contributed by atoms with Crippen molar-refractivity contribution in [2.24, 2.45) is 0 Å². The van der Waals surface area contributed by atoms with Gasteiger partial charge in [-0.1, -0.05) is 25.1 Å². The number of sulfonamides is 1. The number of para-hydroxylation sites is 1. The molecule has 0 aliphatic carbocycles. The van der Waals surface area contributed by atoms with Crippen LogP contribution in [0.3, 0.4) is 0 Å². The van der Waals surface area contributed by atoms with Gasteiger partial charge in [-0.2, -0.15) is 0 Å². The lowest BCUT2D eigenvalue weighted by atomic mass is 10.1. The maximum absolute atomic E-state index is 12.7. The molecule has 0 unspecified atom stereocenters. The molecule has 0 aromatic heterocycles. The summed E-state index contributed by atoms with van der Waals surface area (Å²) in [5.74, 6) is -0.102. The van der Waals surface area contributed by atoms with Crippen LogP contribution in [0.15, 0.2) is 30.3 Å². The van der Waals surface area contributed by atoms with Gasteiger partial charge in [-0.05, 0) is 25.0 Å². The molecule has 27 heavy (non-hydrogen) atoms. The number of amides is 2. The highest BCUT2D eigenvalue weighted by molar-refractivity contribution is 7.89. The Balaban J connectivity index is 1.57. The molecule has 1 N–H and O–H groups in total. The second kappa shape index (κ2) is 8.26. The smallest absolute Gasteiger partial charge is 0.258 e. The molecule has 0 bridgehead atoms. The van der Waals surface area contributed by atoms with E-state index in [2.05, 4.69) is 5.32 Å². The van der Waals surface area contributed by atoms with Crippen molar-refractivity contribution in [1.82, 2.24) is 14.5 Å². The quantitative estimate of drug-likeness (QED) is 0.740. The van der Waals surface area contributed by atoms with Crippen LogP contribution < -0.4 is 10.1 Å². The van der Waals surface area contributed by atoms with E-state index in [0.29, 0.717) is 31.7 Å². The lowest BCUT2D eigenvalue weighted by Gasteiger charge is -2.23. The van der Waals surface area contributed by atoms with Crippen LogP contribution in [0.1, 0.15) is 19.8 Å². The second-order valence-electron chi connectivity index (χ2n) is 6.84. The molecule has 8 nitrogen and oxygen atoms in total. The van der Waals surface area contributed by atoms with Gasteiger partial charge in [0, 0.05) is 25.7 Å². The van der Waals surface area contributed by atoms with E-state index in [0.717, 1.165) is 4.31 Å². The van der Waals surface area contributed by atoms with Gasteiger partial charge >= 0.3 is 0 Å². The highest BCUT2D eigenvalue weighted by Crippen LogP contribution is 2.24. The van der Waals surface area contributed by atoms with E-state index in [-0.39, 0.29) is 36.8 Å². The number of carbonyl (C=O) groups excluding carboxylic acids is 2. The topological polar surface area (TPSA) is 96.0 Å². The van der Waals surface area contributed by atoms with Crippen LogP contribution in [0.25, 0.3) is 0 Å². The van der Waals surface area contributed by atoms with Crippen LogP contribution >= 0.6 is 0 Å². The number of rotatable bonds is 6. The summed E-state index contributed by atoms with van der Waals surface area (Å²) < 4.78 is 31.1. The number of nitrogens with one attached hydrogen (secondary N) is 1. The number of benzene rings is 1. The lowest BCUT2D eigenvalue weighted by molar-refractivity contribution is -0.130. The van der Waals surface area contributed by atoms with Gasteiger partial charge in [0.1, 0.15) is 5.75 Å². The molecule has 1 aromatic carbocycles. The number of carbonyl (C=O) groups is 2. The van der Waals surface area contributed by atoms with Gasteiger partial charge in [0.2, 0.25) is 10.0 Å². The lowest BCUT2D eigenvalue weighted by Crippen LogP contribution is -2.44. The monoisotopic (exact) mass is 395 g/mol. The Bertz CT molecular complexity index is 783. The summed E-state index contributed by atoms with van der Waals surface area (Å²) in [6.45, 7) is 2.70. The first-order valence-corrected chi connectivity index (χ1v) is 10.8. The Morgan fingerprint density at radius 3 is 2.74 bits per heavy atom. The first-order chi connectivity index (χ1) is 12.9. The van der Waals surface area contributed by atoms with E-state index < -0.39 is 16.1 Å². The third-order valence-corrected chi connectivity index (χ3v) is 6.54. The van der Waals surface area contributed by atoms with Crippen molar-refractivity contribution in [3.05, 3.63) is 30.3 Å². The van der Waals surface area contributed by atoms with Crippen molar-refractivity contribution in [3.63, 3.8) is 0 Å². The maximum Gasteiger partial charge on any atom is 0.258 e. The van der Waals surface area contributed by atoms with Crippen molar-refractivity contribution in [1.29, 1.82) is 0 Å². The van der Waals surface area contributed by atoms with E-state index >= 15 is 0 Å².